The fourth-order valence-electron chi connectivity index (χ4n) is 1.62. The number of rotatable bonds is 4. The zero-order valence-electron chi connectivity index (χ0n) is 11.8. The number of carbonyl (C=O) groups excluding carboxylic acids is 1. The Hall–Kier alpha value is -1.49. The summed E-state index contributed by atoms with van der Waals surface area (Å²) in [5.41, 5.74) is 5.79. The largest absolute Gasteiger partial charge is 1.00 e. The van der Waals surface area contributed by atoms with Crippen molar-refractivity contribution >= 4 is 11.7 Å². The van der Waals surface area contributed by atoms with Gasteiger partial charge in [-0.3, -0.25) is 0 Å². The first-order valence-corrected chi connectivity index (χ1v) is 5.88. The molecule has 0 bridgehead atoms. The van der Waals surface area contributed by atoms with Crippen LogP contribution in [0, 0.1) is 13.8 Å². The number of aromatic carboxylic acids is 1. The summed E-state index contributed by atoms with van der Waals surface area (Å²) in [6.45, 7) is 3.99. The molecule has 0 atom stereocenters. The summed E-state index contributed by atoms with van der Waals surface area (Å²) < 4.78 is 0. The Balaban J connectivity index is 0.00000200. The third kappa shape index (κ3) is 4.00. The first kappa shape index (κ1) is 16.6. The van der Waals surface area contributed by atoms with E-state index in [2.05, 4.69) is 5.48 Å². The van der Waals surface area contributed by atoms with Crippen LogP contribution in [0.1, 0.15) is 21.5 Å². The van der Waals surface area contributed by atoms with E-state index in [0.717, 1.165) is 16.9 Å². The van der Waals surface area contributed by atoms with E-state index in [1.807, 2.05) is 32.0 Å². The van der Waals surface area contributed by atoms with Gasteiger partial charge in [0.05, 0.1) is 11.7 Å². The van der Waals surface area contributed by atoms with Crippen LogP contribution < -0.4 is 45.0 Å². The van der Waals surface area contributed by atoms with Crippen LogP contribution in [0.3, 0.4) is 0 Å². The number of hydrogen-bond donors (Lipinski definition) is 1. The molecule has 0 aliphatic carbocycles. The normalized spacial score (nSPS) is 9.50. The molecule has 0 saturated heterocycles. The number of aryl methyl sites for hydroxylation is 1. The molecule has 0 saturated carbocycles. The van der Waals surface area contributed by atoms with E-state index in [1.165, 1.54) is 12.1 Å². The second-order valence-electron chi connectivity index (χ2n) is 4.27. The number of benzene rings is 2. The predicted octanol–water partition coefficient (Wildman–Crippen LogP) is -0.923. The Morgan fingerprint density at radius 3 is 2.35 bits per heavy atom. The maximum absolute atomic E-state index is 10.6. The first-order chi connectivity index (χ1) is 9.08. The molecule has 98 valence electrons. The van der Waals surface area contributed by atoms with Crippen LogP contribution in [0.25, 0.3) is 0 Å². The van der Waals surface area contributed by atoms with Gasteiger partial charge in [0.25, 0.3) is 0 Å². The van der Waals surface area contributed by atoms with Crippen molar-refractivity contribution in [3.63, 3.8) is 0 Å². The molecule has 1 N–H and O–H groups in total. The molecule has 0 aromatic heterocycles. The summed E-state index contributed by atoms with van der Waals surface area (Å²) in [5, 5.41) is 10.6. The van der Waals surface area contributed by atoms with Gasteiger partial charge in [-0.2, -0.15) is 0 Å². The van der Waals surface area contributed by atoms with Gasteiger partial charge in [0.1, 0.15) is 0 Å². The van der Waals surface area contributed by atoms with Crippen LogP contribution in [0.5, 0.6) is 5.75 Å². The first-order valence-electron chi connectivity index (χ1n) is 5.88. The molecule has 0 aliphatic heterocycles. The van der Waals surface area contributed by atoms with Crippen LogP contribution in [-0.2, 0) is 0 Å². The number of carboxylic acid groups (broad SMARTS) is 1. The van der Waals surface area contributed by atoms with Crippen molar-refractivity contribution in [1.82, 2.24) is 0 Å². The Morgan fingerprint density at radius 2 is 1.75 bits per heavy atom. The molecule has 0 fully saturated rings. The molecule has 0 aliphatic rings. The SMILES string of the molecule is Cc1cccc(ONc2ccc(C(=O)[O-])cc2)c1C.[Na+]. The third-order valence-electron chi connectivity index (χ3n) is 2.95. The topological polar surface area (TPSA) is 61.4 Å². The van der Waals surface area contributed by atoms with E-state index in [1.54, 1.807) is 12.1 Å². The van der Waals surface area contributed by atoms with Gasteiger partial charge < -0.3 is 14.7 Å². The maximum Gasteiger partial charge on any atom is 1.00 e. The van der Waals surface area contributed by atoms with Crippen molar-refractivity contribution in [3.05, 3.63) is 59.2 Å². The van der Waals surface area contributed by atoms with Crippen molar-refractivity contribution in [2.45, 2.75) is 13.8 Å². The van der Waals surface area contributed by atoms with Gasteiger partial charge in [0, 0.05) is 0 Å². The summed E-state index contributed by atoms with van der Waals surface area (Å²) >= 11 is 0. The molecular formula is C15H14NNaO3. The smallest absolute Gasteiger partial charge is 0.545 e. The Bertz CT molecular complexity index is 597. The summed E-state index contributed by atoms with van der Waals surface area (Å²) in [6, 6.07) is 12.0. The van der Waals surface area contributed by atoms with Crippen LogP contribution in [0.4, 0.5) is 5.69 Å². The average molecular weight is 279 g/mol. The standard InChI is InChI=1S/C15H15NO3.Na/c1-10-4-3-5-14(11(10)2)19-16-13-8-6-12(7-9-13)15(17)18;/h3-9,16H,1-2H3,(H,17,18);/q;+1/p-1. The molecule has 4 nitrogen and oxygen atoms in total. The van der Waals surface area contributed by atoms with Crippen molar-refractivity contribution in [2.24, 2.45) is 0 Å². The maximum atomic E-state index is 10.6. The number of anilines is 1. The predicted molar refractivity (Wildman–Crippen MR) is 70.9 cm³/mol. The summed E-state index contributed by atoms with van der Waals surface area (Å²) in [5.74, 6) is -0.453. The van der Waals surface area contributed by atoms with E-state index < -0.39 is 5.97 Å². The molecule has 20 heavy (non-hydrogen) atoms. The van der Waals surface area contributed by atoms with Crippen molar-refractivity contribution < 1.29 is 44.3 Å². The van der Waals surface area contributed by atoms with E-state index in [4.69, 9.17) is 4.84 Å². The van der Waals surface area contributed by atoms with Gasteiger partial charge in [-0.25, -0.2) is 5.48 Å². The number of nitrogens with one attached hydrogen (secondary N) is 1. The number of carbonyl (C=O) groups is 1. The fraction of sp³-hybridized carbons (Fsp3) is 0.133. The van der Waals surface area contributed by atoms with Crippen LogP contribution >= 0.6 is 0 Å². The number of hydrogen-bond acceptors (Lipinski definition) is 4. The monoisotopic (exact) mass is 279 g/mol. The van der Waals surface area contributed by atoms with Crippen LogP contribution in [-0.4, -0.2) is 5.97 Å². The third-order valence-corrected chi connectivity index (χ3v) is 2.95. The Morgan fingerprint density at radius 1 is 1.10 bits per heavy atom. The zero-order valence-corrected chi connectivity index (χ0v) is 13.8. The van der Waals surface area contributed by atoms with Crippen molar-refractivity contribution in [2.75, 3.05) is 5.48 Å². The Kier molecular flexibility index (Phi) is 6.07. The van der Waals surface area contributed by atoms with Gasteiger partial charge in [0.2, 0.25) is 0 Å². The zero-order chi connectivity index (χ0) is 13.8. The molecule has 0 spiro atoms. The fourth-order valence-corrected chi connectivity index (χ4v) is 1.62. The molecule has 2 aromatic rings. The summed E-state index contributed by atoms with van der Waals surface area (Å²) in [6.07, 6.45) is 0. The second kappa shape index (κ2) is 7.33. The minimum atomic E-state index is -1.19. The van der Waals surface area contributed by atoms with Crippen molar-refractivity contribution in [1.29, 1.82) is 0 Å². The van der Waals surface area contributed by atoms with E-state index >= 15 is 0 Å². The summed E-state index contributed by atoms with van der Waals surface area (Å²) in [4.78, 5) is 16.1. The van der Waals surface area contributed by atoms with Gasteiger partial charge in [-0.05, 0) is 48.7 Å². The minimum Gasteiger partial charge on any atom is -0.545 e. The van der Waals surface area contributed by atoms with Crippen LogP contribution in [0.2, 0.25) is 0 Å². The molecule has 0 radical (unpaired) electrons. The quantitative estimate of drug-likeness (QED) is 0.581. The average Bonchev–Trinajstić information content (AvgIpc) is 2.41. The Labute approximate surface area is 140 Å². The molecular weight excluding hydrogens is 265 g/mol. The molecule has 2 rings (SSSR count). The minimum absolute atomic E-state index is 0. The second-order valence-corrected chi connectivity index (χ2v) is 4.27. The van der Waals surface area contributed by atoms with Crippen molar-refractivity contribution in [3.8, 4) is 5.75 Å². The molecule has 0 unspecified atom stereocenters. The molecule has 0 heterocycles. The van der Waals surface area contributed by atoms with E-state index in [-0.39, 0.29) is 35.1 Å². The van der Waals surface area contributed by atoms with E-state index in [9.17, 15) is 9.90 Å². The van der Waals surface area contributed by atoms with Gasteiger partial charge in [0.15, 0.2) is 5.75 Å². The van der Waals surface area contributed by atoms with Gasteiger partial charge in [-0.15, -0.1) is 0 Å². The van der Waals surface area contributed by atoms with Gasteiger partial charge >= 0.3 is 29.6 Å². The molecule has 2 aromatic carbocycles. The van der Waals surface area contributed by atoms with Crippen LogP contribution in [0.15, 0.2) is 42.5 Å². The molecule has 5 heteroatoms. The molecule has 0 amide bonds. The number of carboxylic acids is 1. The van der Waals surface area contributed by atoms with Gasteiger partial charge in [-0.1, -0.05) is 24.3 Å². The summed E-state index contributed by atoms with van der Waals surface area (Å²) in [7, 11) is 0. The van der Waals surface area contributed by atoms with E-state index in [0.29, 0.717) is 5.69 Å².